The lowest BCUT2D eigenvalue weighted by molar-refractivity contribution is -0.150. The molecule has 0 aliphatic carbocycles. The molecule has 0 aromatic heterocycles. The van der Waals surface area contributed by atoms with Crippen molar-refractivity contribution >= 4 is 32.1 Å². The Kier molecular flexibility index (Phi) is 5.61. The zero-order chi connectivity index (χ0) is 19.7. The summed E-state index contributed by atoms with van der Waals surface area (Å²) in [6.45, 7) is 3.38. The maximum atomic E-state index is 13.5. The normalized spacial score (nSPS) is 13.3. The number of hydrogen-bond acceptors (Lipinski definition) is 6. The molecule has 1 rings (SSSR count). The number of nitrogens with zero attached hydrogens (tertiary/aromatic N) is 1. The van der Waals surface area contributed by atoms with Crippen LogP contribution in [0.4, 0.5) is 22.0 Å². The summed E-state index contributed by atoms with van der Waals surface area (Å²) in [4.78, 5) is 11.3. The molecule has 0 radical (unpaired) electrons. The molecule has 0 saturated heterocycles. The van der Waals surface area contributed by atoms with Crippen molar-refractivity contribution in [2.75, 3.05) is 0 Å². The predicted octanol–water partition coefficient (Wildman–Crippen LogP) is 2.38. The number of rotatable bonds is 6. The molecular weight excluding hydrogens is 401 g/mol. The molecule has 0 unspecified atom stereocenters. The van der Waals surface area contributed by atoms with Gasteiger partial charge in [-0.3, -0.25) is 0 Å². The summed E-state index contributed by atoms with van der Waals surface area (Å²) in [5, 5.41) is -5.68. The molecule has 140 valence electrons. The van der Waals surface area contributed by atoms with Gasteiger partial charge in [0.1, 0.15) is 5.75 Å². The van der Waals surface area contributed by atoms with Gasteiger partial charge in [0, 0.05) is 0 Å². The van der Waals surface area contributed by atoms with Crippen LogP contribution < -0.4 is 4.74 Å². The molecule has 0 amide bonds. The van der Waals surface area contributed by atoms with Gasteiger partial charge in [0.05, 0.1) is 0 Å². The molecule has 0 atom stereocenters. The number of alkyl halides is 5. The van der Waals surface area contributed by atoms with Gasteiger partial charge in [-0.05, 0) is 17.7 Å². The molecule has 0 heterocycles. The van der Waals surface area contributed by atoms with Crippen molar-refractivity contribution in [2.45, 2.75) is 10.8 Å². The van der Waals surface area contributed by atoms with Gasteiger partial charge >= 0.3 is 16.7 Å². The summed E-state index contributed by atoms with van der Waals surface area (Å²) in [6, 6.07) is 4.39. The third-order valence-corrected chi connectivity index (χ3v) is 5.35. The van der Waals surface area contributed by atoms with Gasteiger partial charge in [0.2, 0.25) is 0 Å². The smallest absolute Gasteiger partial charge is 0.423 e. The molecular formula is C11H7F5NO6S2-. The molecule has 0 N–H and O–H groups in total. The second-order valence-electron chi connectivity index (χ2n) is 4.15. The first-order valence-corrected chi connectivity index (χ1v) is 8.65. The Balaban J connectivity index is 3.08. The highest BCUT2D eigenvalue weighted by atomic mass is 32.3. The lowest BCUT2D eigenvalue weighted by Gasteiger charge is -2.26. The average molecular weight is 408 g/mol. The minimum Gasteiger partial charge on any atom is -0.423 e. The van der Waals surface area contributed by atoms with Crippen molar-refractivity contribution in [1.29, 1.82) is 0 Å². The Labute approximate surface area is 138 Å². The Morgan fingerprint density at radius 3 is 1.88 bits per heavy atom. The fraction of sp³-hybridized carbons (Fsp3) is 0.182. The minimum atomic E-state index is -6.82. The number of benzene rings is 1. The molecule has 0 aliphatic rings. The first-order chi connectivity index (χ1) is 11.1. The quantitative estimate of drug-likeness (QED) is 0.406. The number of carbonyl (C=O) groups excluding carboxylic acids is 1. The highest BCUT2D eigenvalue weighted by Crippen LogP contribution is 2.36. The van der Waals surface area contributed by atoms with Crippen molar-refractivity contribution in [1.82, 2.24) is 0 Å². The molecule has 1 aromatic carbocycles. The molecule has 1 aromatic rings. The summed E-state index contributed by atoms with van der Waals surface area (Å²) < 4.78 is 112. The first kappa shape index (κ1) is 21.0. The van der Waals surface area contributed by atoms with E-state index >= 15 is 0 Å². The Morgan fingerprint density at radius 2 is 1.48 bits per heavy atom. The van der Waals surface area contributed by atoms with E-state index in [4.69, 9.17) is 0 Å². The van der Waals surface area contributed by atoms with E-state index in [0.29, 0.717) is 5.56 Å². The highest BCUT2D eigenvalue weighted by Gasteiger charge is 2.53. The zero-order valence-electron chi connectivity index (χ0n) is 11.7. The predicted molar refractivity (Wildman–Crippen MR) is 74.4 cm³/mol. The third-order valence-electron chi connectivity index (χ3n) is 2.38. The topological polar surface area (TPSA) is 109 Å². The number of hydrogen-bond donors (Lipinski definition) is 0. The fourth-order valence-electron chi connectivity index (χ4n) is 1.16. The van der Waals surface area contributed by atoms with Crippen LogP contribution in [0.15, 0.2) is 30.8 Å². The van der Waals surface area contributed by atoms with Crippen molar-refractivity contribution < 1.29 is 48.3 Å². The van der Waals surface area contributed by atoms with Crippen molar-refractivity contribution in [2.24, 2.45) is 0 Å². The summed E-state index contributed by atoms with van der Waals surface area (Å²) in [7, 11) is -13.6. The van der Waals surface area contributed by atoms with Crippen LogP contribution in [0.25, 0.3) is 10.2 Å². The Bertz CT molecular complexity index is 875. The molecule has 14 heteroatoms. The molecule has 0 spiro atoms. The van der Waals surface area contributed by atoms with Crippen LogP contribution in [0, 0.1) is 0 Å². The molecule has 0 fully saturated rings. The number of halogens is 5. The summed E-state index contributed by atoms with van der Waals surface area (Å²) >= 11 is 0. The molecule has 0 aliphatic heterocycles. The van der Waals surface area contributed by atoms with Gasteiger partial charge in [0.25, 0.3) is 0 Å². The Hall–Kier alpha value is -2.06. The van der Waals surface area contributed by atoms with E-state index in [1.807, 2.05) is 0 Å². The van der Waals surface area contributed by atoms with Crippen molar-refractivity contribution in [3.8, 4) is 5.75 Å². The zero-order valence-corrected chi connectivity index (χ0v) is 13.3. The van der Waals surface area contributed by atoms with Crippen molar-refractivity contribution in [3.05, 3.63) is 40.5 Å². The van der Waals surface area contributed by atoms with E-state index in [0.717, 1.165) is 16.3 Å². The minimum absolute atomic E-state index is 0.477. The van der Waals surface area contributed by atoms with E-state index < -0.39 is 42.5 Å². The van der Waals surface area contributed by atoms with Crippen LogP contribution in [0.1, 0.15) is 5.56 Å². The third kappa shape index (κ3) is 4.52. The summed E-state index contributed by atoms with van der Waals surface area (Å²) in [6.07, 6.45) is 1.34. The van der Waals surface area contributed by atoms with Crippen LogP contribution in [0.3, 0.4) is 0 Å². The SMILES string of the molecule is C=Cc1ccc(OC(=O)C(F)(F)S(=O)(=O)[N-]S(=O)(=O)C(F)(F)F)cc1. The summed E-state index contributed by atoms with van der Waals surface area (Å²) in [5.74, 6) is -3.41. The average Bonchev–Trinajstić information content (AvgIpc) is 2.45. The lowest BCUT2D eigenvalue weighted by atomic mass is 10.2. The van der Waals surface area contributed by atoms with Crippen LogP contribution in [0.2, 0.25) is 0 Å². The van der Waals surface area contributed by atoms with E-state index in [1.54, 1.807) is 0 Å². The van der Waals surface area contributed by atoms with Gasteiger partial charge in [0.15, 0.2) is 20.0 Å². The maximum Gasteiger partial charge on any atom is 0.480 e. The maximum absolute atomic E-state index is 13.5. The van der Waals surface area contributed by atoms with E-state index in [-0.39, 0.29) is 0 Å². The molecule has 25 heavy (non-hydrogen) atoms. The number of carbonyl (C=O) groups is 1. The largest absolute Gasteiger partial charge is 0.480 e. The summed E-state index contributed by atoms with van der Waals surface area (Å²) in [5.41, 5.74) is -5.77. The van der Waals surface area contributed by atoms with Gasteiger partial charge in [-0.15, -0.1) is 0 Å². The molecule has 0 bridgehead atoms. The van der Waals surface area contributed by atoms with Crippen molar-refractivity contribution in [3.63, 3.8) is 0 Å². The molecule has 7 nitrogen and oxygen atoms in total. The van der Waals surface area contributed by atoms with Gasteiger partial charge in [-0.1, -0.05) is 24.8 Å². The fourth-order valence-corrected chi connectivity index (χ4v) is 3.16. The van der Waals surface area contributed by atoms with E-state index in [9.17, 15) is 43.6 Å². The monoisotopic (exact) mass is 408 g/mol. The number of ether oxygens (including phenoxy) is 1. The lowest BCUT2D eigenvalue weighted by Crippen LogP contribution is -2.42. The van der Waals surface area contributed by atoms with E-state index in [1.165, 1.54) is 18.2 Å². The van der Waals surface area contributed by atoms with Crippen LogP contribution in [-0.2, 0) is 24.8 Å². The molecule has 0 saturated carbocycles. The van der Waals surface area contributed by atoms with E-state index in [2.05, 4.69) is 11.3 Å². The van der Waals surface area contributed by atoms with Gasteiger partial charge in [-0.25, -0.2) is 21.6 Å². The second kappa shape index (κ2) is 6.68. The Morgan fingerprint density at radius 1 is 1.00 bits per heavy atom. The van der Waals surface area contributed by atoms with Gasteiger partial charge < -0.3 is 8.86 Å². The van der Waals surface area contributed by atoms with Crippen LogP contribution in [-0.4, -0.2) is 33.6 Å². The first-order valence-electron chi connectivity index (χ1n) is 5.77. The highest BCUT2D eigenvalue weighted by molar-refractivity contribution is 8.13. The van der Waals surface area contributed by atoms with Crippen LogP contribution >= 0.6 is 0 Å². The second-order valence-corrected chi connectivity index (χ2v) is 7.62. The van der Waals surface area contributed by atoms with Crippen LogP contribution in [0.5, 0.6) is 5.75 Å². The van der Waals surface area contributed by atoms with Gasteiger partial charge in [-0.2, -0.15) is 22.0 Å². The standard InChI is InChI=1S/C11H7F5NO6S2/c1-2-7-3-5-8(6-4-7)23-9(18)10(12,13)24(19,20)17-25(21,22)11(14,15)16/h2-6H,1H2/q-1. The number of sulfonamides is 2. The number of esters is 1.